The van der Waals surface area contributed by atoms with E-state index in [0.717, 1.165) is 21.6 Å². The van der Waals surface area contributed by atoms with Crippen LogP contribution in [0.3, 0.4) is 0 Å². The van der Waals surface area contributed by atoms with E-state index in [9.17, 15) is 4.79 Å². The average molecular weight is 267 g/mol. The van der Waals surface area contributed by atoms with E-state index in [1.807, 2.05) is 71.9 Å². The number of hydrogen-bond donors (Lipinski definition) is 0. The van der Waals surface area contributed by atoms with Crippen LogP contribution >= 0.6 is 11.3 Å². The Hall–Kier alpha value is -2.13. The molecule has 0 aliphatic carbocycles. The van der Waals surface area contributed by atoms with Crippen LogP contribution in [0.15, 0.2) is 65.0 Å². The molecule has 2 aromatic heterocycles. The second-order valence-electron chi connectivity index (χ2n) is 4.42. The number of pyridine rings is 1. The molecule has 0 saturated heterocycles. The molecule has 2 nitrogen and oxygen atoms in total. The Balaban J connectivity index is 2.26. The molecule has 0 fully saturated rings. The van der Waals surface area contributed by atoms with Gasteiger partial charge in [0, 0.05) is 29.9 Å². The second kappa shape index (κ2) is 4.86. The van der Waals surface area contributed by atoms with Crippen LogP contribution in [0.5, 0.6) is 0 Å². The minimum Gasteiger partial charge on any atom is -0.356 e. The highest BCUT2D eigenvalue weighted by Gasteiger charge is 2.10. The van der Waals surface area contributed by atoms with E-state index in [0.29, 0.717) is 0 Å². The van der Waals surface area contributed by atoms with Gasteiger partial charge in [-0.15, -0.1) is 11.3 Å². The summed E-state index contributed by atoms with van der Waals surface area (Å²) in [5.74, 6) is 0. The Morgan fingerprint density at radius 3 is 2.37 bits per heavy atom. The van der Waals surface area contributed by atoms with Crippen LogP contribution in [-0.4, -0.2) is 4.57 Å². The Labute approximate surface area is 115 Å². The van der Waals surface area contributed by atoms with Crippen molar-refractivity contribution in [2.75, 3.05) is 0 Å². The number of benzene rings is 1. The molecule has 0 saturated carbocycles. The lowest BCUT2D eigenvalue weighted by Crippen LogP contribution is -2.10. The van der Waals surface area contributed by atoms with E-state index in [-0.39, 0.29) is 5.43 Å². The fourth-order valence-corrected chi connectivity index (χ4v) is 2.87. The first-order chi connectivity index (χ1) is 9.25. The highest BCUT2D eigenvalue weighted by molar-refractivity contribution is 7.13. The van der Waals surface area contributed by atoms with Crippen LogP contribution in [0.2, 0.25) is 0 Å². The minimum atomic E-state index is 0.0896. The summed E-state index contributed by atoms with van der Waals surface area (Å²) in [6.07, 6.45) is 3.77. The summed E-state index contributed by atoms with van der Waals surface area (Å²) in [5.41, 5.74) is 2.56. The molecular weight excluding hydrogens is 254 g/mol. The lowest BCUT2D eigenvalue weighted by molar-refractivity contribution is 0.905. The normalized spacial score (nSPS) is 10.6. The Kier molecular flexibility index (Phi) is 3.05. The third-order valence-corrected chi connectivity index (χ3v) is 3.93. The lowest BCUT2D eigenvalue weighted by Gasteiger charge is -2.07. The van der Waals surface area contributed by atoms with Crippen LogP contribution in [0.4, 0.5) is 0 Å². The monoisotopic (exact) mass is 267 g/mol. The van der Waals surface area contributed by atoms with Gasteiger partial charge in [-0.1, -0.05) is 36.4 Å². The minimum absolute atomic E-state index is 0.0896. The quantitative estimate of drug-likeness (QED) is 0.692. The molecule has 0 spiro atoms. The maximum atomic E-state index is 12.6. The third-order valence-electron chi connectivity index (χ3n) is 3.03. The number of thiophene rings is 1. The van der Waals surface area contributed by atoms with Crippen molar-refractivity contribution in [1.82, 2.24) is 4.57 Å². The summed E-state index contributed by atoms with van der Waals surface area (Å²) in [7, 11) is 1.95. The maximum Gasteiger partial charge on any atom is 0.197 e. The van der Waals surface area contributed by atoms with Gasteiger partial charge in [0.05, 0.1) is 5.56 Å². The zero-order chi connectivity index (χ0) is 13.2. The van der Waals surface area contributed by atoms with Crippen molar-refractivity contribution in [3.8, 4) is 21.6 Å². The van der Waals surface area contributed by atoms with Gasteiger partial charge in [0.15, 0.2) is 5.43 Å². The summed E-state index contributed by atoms with van der Waals surface area (Å²) in [4.78, 5) is 13.6. The van der Waals surface area contributed by atoms with Gasteiger partial charge in [-0.3, -0.25) is 4.79 Å². The molecule has 0 atom stereocenters. The van der Waals surface area contributed by atoms with Gasteiger partial charge in [0.2, 0.25) is 0 Å². The van der Waals surface area contributed by atoms with Crippen molar-refractivity contribution in [2.45, 2.75) is 0 Å². The molecule has 3 heteroatoms. The molecule has 0 aliphatic heterocycles. The summed E-state index contributed by atoms with van der Waals surface area (Å²) in [6.45, 7) is 0. The number of hydrogen-bond acceptors (Lipinski definition) is 2. The number of aromatic nitrogens is 1. The molecule has 0 radical (unpaired) electrons. The summed E-state index contributed by atoms with van der Waals surface area (Å²) >= 11 is 1.59. The van der Waals surface area contributed by atoms with Gasteiger partial charge in [-0.05, 0) is 17.0 Å². The molecular formula is C16H13NOS. The highest BCUT2D eigenvalue weighted by Crippen LogP contribution is 2.24. The van der Waals surface area contributed by atoms with Crippen LogP contribution in [-0.2, 0) is 7.05 Å². The SMILES string of the molecule is Cn1cc(-c2ccccc2)c(=O)c(-c2cccs2)c1. The summed E-state index contributed by atoms with van der Waals surface area (Å²) in [5, 5.41) is 1.99. The maximum absolute atomic E-state index is 12.6. The number of nitrogens with zero attached hydrogens (tertiary/aromatic N) is 1. The van der Waals surface area contributed by atoms with Crippen molar-refractivity contribution in [1.29, 1.82) is 0 Å². The summed E-state index contributed by atoms with van der Waals surface area (Å²) in [6, 6.07) is 13.7. The molecule has 19 heavy (non-hydrogen) atoms. The van der Waals surface area contributed by atoms with E-state index in [4.69, 9.17) is 0 Å². The van der Waals surface area contributed by atoms with Gasteiger partial charge < -0.3 is 4.57 Å². The van der Waals surface area contributed by atoms with E-state index in [2.05, 4.69) is 0 Å². The largest absolute Gasteiger partial charge is 0.356 e. The molecule has 0 bridgehead atoms. The first-order valence-electron chi connectivity index (χ1n) is 6.05. The van der Waals surface area contributed by atoms with Gasteiger partial charge in [-0.25, -0.2) is 0 Å². The highest BCUT2D eigenvalue weighted by atomic mass is 32.1. The van der Waals surface area contributed by atoms with Crippen molar-refractivity contribution in [2.24, 2.45) is 7.05 Å². The van der Waals surface area contributed by atoms with Gasteiger partial charge in [0.1, 0.15) is 0 Å². The van der Waals surface area contributed by atoms with Crippen molar-refractivity contribution < 1.29 is 0 Å². The van der Waals surface area contributed by atoms with Crippen molar-refractivity contribution >= 4 is 11.3 Å². The lowest BCUT2D eigenvalue weighted by atomic mass is 10.0. The van der Waals surface area contributed by atoms with Crippen LogP contribution < -0.4 is 5.43 Å². The smallest absolute Gasteiger partial charge is 0.197 e. The summed E-state index contributed by atoms with van der Waals surface area (Å²) < 4.78 is 1.94. The van der Waals surface area contributed by atoms with E-state index >= 15 is 0 Å². The second-order valence-corrected chi connectivity index (χ2v) is 5.37. The van der Waals surface area contributed by atoms with Crippen LogP contribution in [0.25, 0.3) is 21.6 Å². The molecule has 94 valence electrons. The van der Waals surface area contributed by atoms with Crippen LogP contribution in [0, 0.1) is 0 Å². The van der Waals surface area contributed by atoms with Crippen molar-refractivity contribution in [3.63, 3.8) is 0 Å². The molecule has 3 rings (SSSR count). The molecule has 0 N–H and O–H groups in total. The van der Waals surface area contributed by atoms with Gasteiger partial charge in [-0.2, -0.15) is 0 Å². The number of aryl methyl sites for hydroxylation is 1. The Bertz CT molecular complexity index is 742. The van der Waals surface area contributed by atoms with E-state index in [1.165, 1.54) is 0 Å². The molecule has 0 amide bonds. The first-order valence-corrected chi connectivity index (χ1v) is 6.93. The average Bonchev–Trinajstić information content (AvgIpc) is 2.96. The third kappa shape index (κ3) is 2.25. The van der Waals surface area contributed by atoms with Crippen molar-refractivity contribution in [3.05, 3.63) is 70.5 Å². The fourth-order valence-electron chi connectivity index (χ4n) is 2.14. The van der Waals surface area contributed by atoms with Gasteiger partial charge >= 0.3 is 0 Å². The molecule has 3 aromatic rings. The van der Waals surface area contributed by atoms with E-state index < -0.39 is 0 Å². The molecule has 0 aliphatic rings. The predicted octanol–water partition coefficient (Wildman–Crippen LogP) is 3.78. The predicted molar refractivity (Wildman–Crippen MR) is 80.4 cm³/mol. The Morgan fingerprint density at radius 2 is 1.68 bits per heavy atom. The standard InChI is InChI=1S/C16H13NOS/c1-17-10-13(12-6-3-2-4-7-12)16(18)14(11-17)15-8-5-9-19-15/h2-11H,1H3. The fraction of sp³-hybridized carbons (Fsp3) is 0.0625. The zero-order valence-corrected chi connectivity index (χ0v) is 11.4. The Morgan fingerprint density at radius 1 is 0.947 bits per heavy atom. The van der Waals surface area contributed by atoms with Crippen LogP contribution in [0.1, 0.15) is 0 Å². The zero-order valence-electron chi connectivity index (χ0n) is 10.5. The van der Waals surface area contributed by atoms with E-state index in [1.54, 1.807) is 11.3 Å². The molecule has 2 heterocycles. The molecule has 0 unspecified atom stereocenters. The topological polar surface area (TPSA) is 22.0 Å². The number of rotatable bonds is 2. The molecule has 1 aromatic carbocycles. The first kappa shape index (κ1) is 11.9. The van der Waals surface area contributed by atoms with Gasteiger partial charge in [0.25, 0.3) is 0 Å².